The van der Waals surface area contributed by atoms with Crippen molar-refractivity contribution in [3.63, 3.8) is 0 Å². The maximum absolute atomic E-state index is 12.4. The van der Waals surface area contributed by atoms with Crippen LogP contribution in [0, 0.1) is 0 Å². The summed E-state index contributed by atoms with van der Waals surface area (Å²) < 4.78 is 13.3. The van der Waals surface area contributed by atoms with Crippen LogP contribution >= 0.6 is 11.9 Å². The van der Waals surface area contributed by atoms with E-state index in [1.54, 1.807) is 11.9 Å². The normalized spacial score (nSPS) is 15.2. The molecule has 6 nitrogen and oxygen atoms in total. The molecule has 2 aromatic rings. The molecule has 0 saturated carbocycles. The van der Waals surface area contributed by atoms with E-state index in [0.717, 1.165) is 35.8 Å². The van der Waals surface area contributed by atoms with Crippen molar-refractivity contribution in [1.82, 2.24) is 9.80 Å². The van der Waals surface area contributed by atoms with Crippen LogP contribution in [0.4, 0.5) is 5.69 Å². The molecular formula is C25H37N3O3S. The number of amides is 1. The van der Waals surface area contributed by atoms with Gasteiger partial charge < -0.3 is 23.6 Å². The van der Waals surface area contributed by atoms with Gasteiger partial charge in [0, 0.05) is 36.8 Å². The van der Waals surface area contributed by atoms with Gasteiger partial charge in [0.25, 0.3) is 5.91 Å². The quantitative estimate of drug-likeness (QED) is 0.502. The Bertz CT molecular complexity index is 812. The van der Waals surface area contributed by atoms with E-state index in [1.807, 2.05) is 69.1 Å². The molecule has 0 bridgehead atoms. The maximum atomic E-state index is 12.4. The van der Waals surface area contributed by atoms with Gasteiger partial charge in [-0.1, -0.05) is 13.8 Å². The highest BCUT2D eigenvalue weighted by molar-refractivity contribution is 8.00. The fraction of sp³-hybridized carbons (Fsp3) is 0.480. The fourth-order valence-electron chi connectivity index (χ4n) is 3.35. The summed E-state index contributed by atoms with van der Waals surface area (Å²) in [5.74, 6) is 1.63. The van der Waals surface area contributed by atoms with E-state index in [4.69, 9.17) is 9.47 Å². The molecule has 0 aromatic heterocycles. The molecular weight excluding hydrogens is 422 g/mol. The minimum atomic E-state index is 0.0478. The molecule has 1 aliphatic rings. The zero-order valence-corrected chi connectivity index (χ0v) is 21.0. The SMILES string of the molecule is CC.CCOc1ccc(SN(C)c2ccc(OCC(=O)N3CCC(N(C)C)C3)cc2)cc1. The Morgan fingerprint density at radius 3 is 2.16 bits per heavy atom. The summed E-state index contributed by atoms with van der Waals surface area (Å²) in [5, 5.41) is 0. The number of carbonyl (C=O) groups is 1. The van der Waals surface area contributed by atoms with E-state index in [1.165, 1.54) is 0 Å². The number of likely N-dealkylation sites (N-methyl/N-ethyl adjacent to an activating group) is 1. The van der Waals surface area contributed by atoms with Crippen LogP contribution in [-0.2, 0) is 4.79 Å². The number of ether oxygens (including phenoxy) is 2. The number of benzene rings is 2. The molecule has 1 atom stereocenters. The lowest BCUT2D eigenvalue weighted by atomic mass is 10.2. The zero-order valence-electron chi connectivity index (χ0n) is 20.2. The van der Waals surface area contributed by atoms with Crippen molar-refractivity contribution in [2.75, 3.05) is 51.8 Å². The van der Waals surface area contributed by atoms with E-state index in [9.17, 15) is 4.79 Å². The van der Waals surface area contributed by atoms with Crippen LogP contribution < -0.4 is 13.8 Å². The van der Waals surface area contributed by atoms with Gasteiger partial charge in [-0.05, 0) is 87.9 Å². The number of nitrogens with zero attached hydrogens (tertiary/aromatic N) is 3. The summed E-state index contributed by atoms with van der Waals surface area (Å²) >= 11 is 1.64. The zero-order chi connectivity index (χ0) is 23.5. The highest BCUT2D eigenvalue weighted by Crippen LogP contribution is 2.29. The Morgan fingerprint density at radius 2 is 1.59 bits per heavy atom. The standard InChI is InChI=1S/C23H31N3O3S.C2H6/c1-5-28-20-10-12-22(13-11-20)30-25(4)18-6-8-21(9-7-18)29-17-23(27)26-15-14-19(16-26)24(2)3;1-2/h6-13,19H,5,14-17H2,1-4H3;1-2H3. The molecule has 7 heteroatoms. The highest BCUT2D eigenvalue weighted by atomic mass is 32.2. The molecule has 32 heavy (non-hydrogen) atoms. The van der Waals surface area contributed by atoms with Gasteiger partial charge >= 0.3 is 0 Å². The van der Waals surface area contributed by atoms with Gasteiger partial charge in [-0.15, -0.1) is 0 Å². The average Bonchev–Trinajstić information content (AvgIpc) is 3.31. The third kappa shape index (κ3) is 7.64. The molecule has 1 heterocycles. The van der Waals surface area contributed by atoms with Gasteiger partial charge in [0.15, 0.2) is 6.61 Å². The largest absolute Gasteiger partial charge is 0.494 e. The van der Waals surface area contributed by atoms with Crippen LogP contribution in [0.5, 0.6) is 11.5 Å². The third-order valence-corrected chi connectivity index (χ3v) is 6.15. The van der Waals surface area contributed by atoms with Crippen molar-refractivity contribution in [3.8, 4) is 11.5 Å². The lowest BCUT2D eigenvalue weighted by Gasteiger charge is -2.21. The van der Waals surface area contributed by atoms with E-state index < -0.39 is 0 Å². The number of likely N-dealkylation sites (tertiary alicyclic amines) is 1. The smallest absolute Gasteiger partial charge is 0.260 e. The summed E-state index contributed by atoms with van der Waals surface area (Å²) in [5.41, 5.74) is 1.06. The van der Waals surface area contributed by atoms with Gasteiger partial charge in [-0.2, -0.15) is 0 Å². The lowest BCUT2D eigenvalue weighted by molar-refractivity contribution is -0.132. The molecule has 1 fully saturated rings. The Balaban J connectivity index is 0.00000176. The first-order chi connectivity index (χ1) is 15.5. The molecule has 3 rings (SSSR count). The second-order valence-corrected chi connectivity index (χ2v) is 8.72. The molecule has 2 aromatic carbocycles. The van der Waals surface area contributed by atoms with Gasteiger partial charge in [-0.25, -0.2) is 0 Å². The highest BCUT2D eigenvalue weighted by Gasteiger charge is 2.27. The monoisotopic (exact) mass is 459 g/mol. The van der Waals surface area contributed by atoms with E-state index >= 15 is 0 Å². The van der Waals surface area contributed by atoms with Crippen molar-refractivity contribution in [2.24, 2.45) is 0 Å². The van der Waals surface area contributed by atoms with Crippen molar-refractivity contribution < 1.29 is 14.3 Å². The molecule has 176 valence electrons. The Hall–Kier alpha value is -2.38. The molecule has 0 aliphatic carbocycles. The predicted octanol–water partition coefficient (Wildman–Crippen LogP) is 4.80. The Morgan fingerprint density at radius 1 is 1.00 bits per heavy atom. The van der Waals surface area contributed by atoms with E-state index in [2.05, 4.69) is 35.4 Å². The summed E-state index contributed by atoms with van der Waals surface area (Å²) in [6.45, 7) is 8.31. The van der Waals surface area contributed by atoms with Gasteiger partial charge in [0.05, 0.1) is 6.61 Å². The molecule has 1 amide bonds. The topological polar surface area (TPSA) is 45.3 Å². The Labute approximate surface area is 197 Å². The number of anilines is 1. The first-order valence-electron chi connectivity index (χ1n) is 11.3. The van der Waals surface area contributed by atoms with Crippen molar-refractivity contribution in [3.05, 3.63) is 48.5 Å². The lowest BCUT2D eigenvalue weighted by Crippen LogP contribution is -2.36. The summed E-state index contributed by atoms with van der Waals surface area (Å²) in [7, 11) is 6.14. The van der Waals surface area contributed by atoms with Crippen LogP contribution in [0.2, 0.25) is 0 Å². The molecule has 1 saturated heterocycles. The van der Waals surface area contributed by atoms with Crippen LogP contribution in [0.15, 0.2) is 53.4 Å². The number of hydrogen-bond donors (Lipinski definition) is 0. The number of carbonyl (C=O) groups excluding carboxylic acids is 1. The predicted molar refractivity (Wildman–Crippen MR) is 134 cm³/mol. The van der Waals surface area contributed by atoms with Crippen molar-refractivity contribution in [2.45, 2.75) is 38.1 Å². The first kappa shape index (κ1) is 25.9. The summed E-state index contributed by atoms with van der Waals surface area (Å²) in [6, 6.07) is 16.3. The molecule has 0 spiro atoms. The second kappa shape index (κ2) is 13.2. The van der Waals surface area contributed by atoms with Crippen LogP contribution in [0.1, 0.15) is 27.2 Å². The van der Waals surface area contributed by atoms with Gasteiger partial charge in [0.2, 0.25) is 0 Å². The number of rotatable bonds is 9. The maximum Gasteiger partial charge on any atom is 0.260 e. The van der Waals surface area contributed by atoms with Crippen molar-refractivity contribution >= 4 is 23.5 Å². The average molecular weight is 460 g/mol. The molecule has 0 N–H and O–H groups in total. The second-order valence-electron chi connectivity index (χ2n) is 7.52. The van der Waals surface area contributed by atoms with E-state index in [0.29, 0.717) is 18.4 Å². The minimum Gasteiger partial charge on any atom is -0.494 e. The fourth-order valence-corrected chi connectivity index (χ4v) is 4.15. The van der Waals surface area contributed by atoms with E-state index in [-0.39, 0.29) is 12.5 Å². The summed E-state index contributed by atoms with van der Waals surface area (Å²) in [4.78, 5) is 17.6. The van der Waals surface area contributed by atoms with Crippen LogP contribution in [-0.4, -0.2) is 69.2 Å². The van der Waals surface area contributed by atoms with Crippen molar-refractivity contribution in [1.29, 1.82) is 0 Å². The molecule has 1 aliphatic heterocycles. The Kier molecular flexibility index (Phi) is 10.7. The van der Waals surface area contributed by atoms with Gasteiger partial charge in [-0.3, -0.25) is 4.79 Å². The third-order valence-electron chi connectivity index (χ3n) is 5.19. The first-order valence-corrected chi connectivity index (χ1v) is 12.0. The molecule has 1 unspecified atom stereocenters. The van der Waals surface area contributed by atoms with Crippen LogP contribution in [0.3, 0.4) is 0 Å². The minimum absolute atomic E-state index is 0.0478. The van der Waals surface area contributed by atoms with Gasteiger partial charge in [0.1, 0.15) is 11.5 Å². The molecule has 0 radical (unpaired) electrons. The van der Waals surface area contributed by atoms with Crippen LogP contribution in [0.25, 0.3) is 0 Å². The summed E-state index contributed by atoms with van der Waals surface area (Å²) in [6.07, 6.45) is 1.02. The number of hydrogen-bond acceptors (Lipinski definition) is 6.